The predicted molar refractivity (Wildman–Crippen MR) is 108 cm³/mol. The molecule has 1 aromatic heterocycles. The van der Waals surface area contributed by atoms with Crippen LogP contribution in [-0.4, -0.2) is 10.9 Å². The number of nitrogens with zero attached hydrogens (tertiary/aromatic N) is 1. The van der Waals surface area contributed by atoms with Crippen molar-refractivity contribution in [2.45, 2.75) is 6.92 Å². The summed E-state index contributed by atoms with van der Waals surface area (Å²) in [4.78, 5) is 16.5. The molecule has 0 fully saturated rings. The largest absolute Gasteiger partial charge is 0.273 e. The van der Waals surface area contributed by atoms with Crippen LogP contribution in [0.3, 0.4) is 0 Å². The number of rotatable bonds is 4. The molecule has 0 aliphatic carbocycles. The van der Waals surface area contributed by atoms with Crippen LogP contribution in [0, 0.1) is 6.92 Å². The molecule has 0 saturated heterocycles. The molecule has 7 heteroatoms. The number of anilines is 1. The van der Waals surface area contributed by atoms with Gasteiger partial charge in [-0.05, 0) is 25.1 Å². The second kappa shape index (κ2) is 8.41. The highest BCUT2D eigenvalue weighted by Gasteiger charge is 2.08. The Morgan fingerprint density at radius 1 is 1.17 bits per heavy atom. The van der Waals surface area contributed by atoms with Crippen LogP contribution in [0.2, 0.25) is 0 Å². The number of halogens is 2. The summed E-state index contributed by atoms with van der Waals surface area (Å²) in [5.41, 5.74) is 9.23. The minimum atomic E-state index is -0.210. The van der Waals surface area contributed by atoms with Gasteiger partial charge in [-0.15, -0.1) is 28.3 Å². The maximum atomic E-state index is 12.1. The molecule has 2 N–H and O–H groups in total. The summed E-state index contributed by atoms with van der Waals surface area (Å²) in [6, 6.07) is 15.4. The van der Waals surface area contributed by atoms with Crippen molar-refractivity contribution in [2.24, 2.45) is 0 Å². The number of amides is 1. The van der Waals surface area contributed by atoms with Crippen molar-refractivity contribution in [3.8, 4) is 11.3 Å². The minimum Gasteiger partial charge on any atom is -0.273 e. The second-order valence-corrected chi connectivity index (χ2v) is 6.77. The van der Waals surface area contributed by atoms with E-state index >= 15 is 0 Å². The molecular formula is C17H15Br2N3OS. The Balaban J connectivity index is 0.00000208. The molecule has 24 heavy (non-hydrogen) atoms. The van der Waals surface area contributed by atoms with E-state index in [1.54, 1.807) is 12.1 Å². The molecule has 0 bridgehead atoms. The van der Waals surface area contributed by atoms with E-state index in [4.69, 9.17) is 0 Å². The molecule has 4 nitrogen and oxygen atoms in total. The molecule has 0 unspecified atom stereocenters. The zero-order valence-corrected chi connectivity index (χ0v) is 16.9. The number of carbonyl (C=O) groups is 1. The lowest BCUT2D eigenvalue weighted by Crippen LogP contribution is -2.29. The molecule has 0 spiro atoms. The Morgan fingerprint density at radius 3 is 2.62 bits per heavy atom. The molecule has 0 aliphatic rings. The maximum absolute atomic E-state index is 12.1. The van der Waals surface area contributed by atoms with Gasteiger partial charge in [-0.2, -0.15) is 0 Å². The summed E-state index contributed by atoms with van der Waals surface area (Å²) in [7, 11) is 0. The summed E-state index contributed by atoms with van der Waals surface area (Å²) in [6.07, 6.45) is 0. The predicted octanol–water partition coefficient (Wildman–Crippen LogP) is 5.22. The van der Waals surface area contributed by atoms with Crippen molar-refractivity contribution in [3.05, 3.63) is 69.5 Å². The highest BCUT2D eigenvalue weighted by Crippen LogP contribution is 2.24. The van der Waals surface area contributed by atoms with Crippen LogP contribution in [0.15, 0.2) is 58.4 Å². The van der Waals surface area contributed by atoms with Crippen molar-refractivity contribution in [1.29, 1.82) is 0 Å². The van der Waals surface area contributed by atoms with Crippen molar-refractivity contribution in [2.75, 3.05) is 5.43 Å². The highest BCUT2D eigenvalue weighted by molar-refractivity contribution is 9.10. The van der Waals surface area contributed by atoms with Crippen LogP contribution in [0.25, 0.3) is 11.3 Å². The third-order valence-corrected chi connectivity index (χ3v) is 4.47. The Labute approximate surface area is 163 Å². The molecule has 0 atom stereocenters. The van der Waals surface area contributed by atoms with Gasteiger partial charge in [0.15, 0.2) is 0 Å². The van der Waals surface area contributed by atoms with E-state index in [1.807, 2.05) is 29.6 Å². The first kappa shape index (κ1) is 18.6. The molecule has 124 valence electrons. The average molecular weight is 469 g/mol. The normalized spacial score (nSPS) is 9.92. The van der Waals surface area contributed by atoms with Crippen LogP contribution in [0.5, 0.6) is 0 Å². The van der Waals surface area contributed by atoms with E-state index in [2.05, 4.69) is 50.8 Å². The van der Waals surface area contributed by atoms with Gasteiger partial charge < -0.3 is 0 Å². The van der Waals surface area contributed by atoms with E-state index in [0.29, 0.717) is 10.7 Å². The van der Waals surface area contributed by atoms with Crippen LogP contribution in [-0.2, 0) is 0 Å². The quantitative estimate of drug-likeness (QED) is 0.516. The fourth-order valence-electron chi connectivity index (χ4n) is 2.00. The Kier molecular flexibility index (Phi) is 6.53. The van der Waals surface area contributed by atoms with Crippen LogP contribution < -0.4 is 10.9 Å². The summed E-state index contributed by atoms with van der Waals surface area (Å²) < 4.78 is 0.862. The molecule has 2 aromatic carbocycles. The topological polar surface area (TPSA) is 54.0 Å². The average Bonchev–Trinajstić information content (AvgIpc) is 3.02. The minimum absolute atomic E-state index is 0. The van der Waals surface area contributed by atoms with E-state index in [9.17, 15) is 4.79 Å². The van der Waals surface area contributed by atoms with Gasteiger partial charge in [0.25, 0.3) is 5.91 Å². The zero-order valence-electron chi connectivity index (χ0n) is 12.7. The first-order valence-corrected chi connectivity index (χ1v) is 8.63. The standard InChI is InChI=1S/C17H14BrN3OS.BrH/c1-11-5-7-12(8-6-11)15-10-23-17(19-15)21-20-16(22)13-3-2-4-14(18)9-13;/h2-10H,1H3,(H,19,21)(H,20,22);1H. The van der Waals surface area contributed by atoms with Crippen LogP contribution in [0.4, 0.5) is 5.13 Å². The van der Waals surface area contributed by atoms with Crippen molar-refractivity contribution >= 4 is 55.3 Å². The Bertz CT molecular complexity index is 834. The fraction of sp³-hybridized carbons (Fsp3) is 0.0588. The Morgan fingerprint density at radius 2 is 1.92 bits per heavy atom. The van der Waals surface area contributed by atoms with Gasteiger partial charge in [0.2, 0.25) is 5.13 Å². The molecule has 1 amide bonds. The van der Waals surface area contributed by atoms with E-state index in [0.717, 1.165) is 15.7 Å². The summed E-state index contributed by atoms with van der Waals surface area (Å²) >= 11 is 4.79. The van der Waals surface area contributed by atoms with Gasteiger partial charge in [-0.1, -0.05) is 51.8 Å². The van der Waals surface area contributed by atoms with Crippen molar-refractivity contribution < 1.29 is 4.79 Å². The maximum Gasteiger partial charge on any atom is 0.269 e. The number of carbonyl (C=O) groups excluding carboxylic acids is 1. The van der Waals surface area contributed by atoms with Crippen LogP contribution in [0.1, 0.15) is 15.9 Å². The number of benzene rings is 2. The van der Waals surface area contributed by atoms with Crippen molar-refractivity contribution in [3.63, 3.8) is 0 Å². The molecule has 0 aliphatic heterocycles. The van der Waals surface area contributed by atoms with E-state index in [1.165, 1.54) is 16.9 Å². The third kappa shape index (κ3) is 4.66. The number of hydrazine groups is 1. The van der Waals surface area contributed by atoms with Gasteiger partial charge in [-0.25, -0.2) is 4.98 Å². The lowest BCUT2D eigenvalue weighted by atomic mass is 10.1. The lowest BCUT2D eigenvalue weighted by molar-refractivity contribution is 0.0962. The van der Waals surface area contributed by atoms with Crippen molar-refractivity contribution in [1.82, 2.24) is 10.4 Å². The first-order chi connectivity index (χ1) is 11.1. The van der Waals surface area contributed by atoms with Gasteiger partial charge in [0.1, 0.15) is 0 Å². The van der Waals surface area contributed by atoms with Gasteiger partial charge in [0, 0.05) is 21.0 Å². The number of hydrogen-bond acceptors (Lipinski definition) is 4. The third-order valence-electron chi connectivity index (χ3n) is 3.22. The molecule has 1 heterocycles. The lowest BCUT2D eigenvalue weighted by Gasteiger charge is -2.05. The van der Waals surface area contributed by atoms with Gasteiger partial charge in [0.05, 0.1) is 5.69 Å². The molecule has 0 saturated carbocycles. The smallest absolute Gasteiger partial charge is 0.269 e. The second-order valence-electron chi connectivity index (χ2n) is 4.99. The van der Waals surface area contributed by atoms with Crippen LogP contribution >= 0.6 is 44.2 Å². The monoisotopic (exact) mass is 467 g/mol. The number of hydrogen-bond donors (Lipinski definition) is 2. The van der Waals surface area contributed by atoms with Gasteiger partial charge in [-0.3, -0.25) is 15.6 Å². The summed E-state index contributed by atoms with van der Waals surface area (Å²) in [5, 5.41) is 2.60. The Hall–Kier alpha value is -1.70. The zero-order chi connectivity index (χ0) is 16.2. The molecular weight excluding hydrogens is 454 g/mol. The number of nitrogens with one attached hydrogen (secondary N) is 2. The van der Waals surface area contributed by atoms with E-state index in [-0.39, 0.29) is 22.9 Å². The number of aryl methyl sites for hydroxylation is 1. The highest BCUT2D eigenvalue weighted by atomic mass is 79.9. The van der Waals surface area contributed by atoms with Gasteiger partial charge >= 0.3 is 0 Å². The summed E-state index contributed by atoms with van der Waals surface area (Å²) in [6.45, 7) is 2.05. The first-order valence-electron chi connectivity index (χ1n) is 6.96. The number of thiazole rings is 1. The molecule has 0 radical (unpaired) electrons. The van der Waals surface area contributed by atoms with E-state index < -0.39 is 0 Å². The summed E-state index contributed by atoms with van der Waals surface area (Å²) in [5.74, 6) is -0.210. The number of aromatic nitrogens is 1. The molecule has 3 aromatic rings. The fourth-order valence-corrected chi connectivity index (χ4v) is 3.07. The molecule has 3 rings (SSSR count). The SMILES string of the molecule is Br.Cc1ccc(-c2csc(NNC(=O)c3cccc(Br)c3)n2)cc1.